The molecule has 0 aliphatic carbocycles. The summed E-state index contributed by atoms with van der Waals surface area (Å²) in [5, 5.41) is 18.0. The lowest BCUT2D eigenvalue weighted by atomic mass is 10.3. The molecule has 8 heteroatoms. The molecule has 8 nitrogen and oxygen atoms in total. The van der Waals surface area contributed by atoms with E-state index >= 15 is 0 Å². The molecule has 0 saturated heterocycles. The van der Waals surface area contributed by atoms with Crippen molar-refractivity contribution in [2.45, 2.75) is 6.54 Å². The highest BCUT2D eigenvalue weighted by Crippen LogP contribution is 2.27. The van der Waals surface area contributed by atoms with E-state index in [1.54, 1.807) is 35.9 Å². The fourth-order valence-corrected chi connectivity index (χ4v) is 1.91. The maximum absolute atomic E-state index is 11.1. The molecule has 0 fully saturated rings. The van der Waals surface area contributed by atoms with Gasteiger partial charge in [-0.1, -0.05) is 0 Å². The van der Waals surface area contributed by atoms with Crippen molar-refractivity contribution < 1.29 is 4.92 Å². The van der Waals surface area contributed by atoms with Crippen LogP contribution in [0.1, 0.15) is 5.56 Å². The Labute approximate surface area is 116 Å². The summed E-state index contributed by atoms with van der Waals surface area (Å²) in [5.74, 6) is 0.911. The first-order chi connectivity index (χ1) is 9.51. The van der Waals surface area contributed by atoms with Gasteiger partial charge in [0.1, 0.15) is 5.82 Å². The van der Waals surface area contributed by atoms with Crippen LogP contribution in [0.25, 0.3) is 0 Å². The number of hydrogen-bond acceptors (Lipinski definition) is 6. The van der Waals surface area contributed by atoms with E-state index in [0.717, 1.165) is 5.56 Å². The van der Waals surface area contributed by atoms with Crippen molar-refractivity contribution in [3.63, 3.8) is 0 Å². The number of aryl methyl sites for hydroxylation is 1. The minimum absolute atomic E-state index is 0.0182. The van der Waals surface area contributed by atoms with Crippen molar-refractivity contribution >= 4 is 17.3 Å². The van der Waals surface area contributed by atoms with Crippen molar-refractivity contribution in [2.24, 2.45) is 7.05 Å². The summed E-state index contributed by atoms with van der Waals surface area (Å²) in [6, 6.07) is 3.04. The van der Waals surface area contributed by atoms with E-state index < -0.39 is 4.92 Å². The van der Waals surface area contributed by atoms with Crippen LogP contribution in [0, 0.1) is 10.1 Å². The Morgan fingerprint density at radius 1 is 1.50 bits per heavy atom. The lowest BCUT2D eigenvalue weighted by Crippen LogP contribution is -2.19. The van der Waals surface area contributed by atoms with Crippen LogP contribution in [0.3, 0.4) is 0 Å². The van der Waals surface area contributed by atoms with Crippen LogP contribution in [0.2, 0.25) is 0 Å². The topological polar surface area (TPSA) is 89.1 Å². The summed E-state index contributed by atoms with van der Waals surface area (Å²) in [7, 11) is 5.31. The molecule has 2 heterocycles. The van der Waals surface area contributed by atoms with Gasteiger partial charge in [-0.15, -0.1) is 0 Å². The number of nitro groups is 1. The lowest BCUT2D eigenvalue weighted by Gasteiger charge is -2.17. The molecule has 2 aromatic rings. The molecule has 20 heavy (non-hydrogen) atoms. The van der Waals surface area contributed by atoms with Gasteiger partial charge < -0.3 is 10.2 Å². The first kappa shape index (κ1) is 13.8. The number of nitrogens with zero attached hydrogens (tertiary/aromatic N) is 5. The minimum atomic E-state index is -0.429. The first-order valence-corrected chi connectivity index (χ1v) is 6.03. The highest BCUT2D eigenvalue weighted by molar-refractivity contribution is 5.61. The van der Waals surface area contributed by atoms with Crippen LogP contribution < -0.4 is 10.2 Å². The van der Waals surface area contributed by atoms with Gasteiger partial charge in [0.25, 0.3) is 0 Å². The fraction of sp³-hybridized carbons (Fsp3) is 0.333. The maximum Gasteiger partial charge on any atom is 0.311 e. The van der Waals surface area contributed by atoms with Gasteiger partial charge in [0, 0.05) is 45.5 Å². The molecular weight excluding hydrogens is 260 g/mol. The molecular formula is C12H16N6O2. The molecule has 0 bridgehead atoms. The molecule has 0 unspecified atom stereocenters. The van der Waals surface area contributed by atoms with Crippen LogP contribution in [-0.4, -0.2) is 33.8 Å². The van der Waals surface area contributed by atoms with Crippen LogP contribution in [-0.2, 0) is 13.6 Å². The van der Waals surface area contributed by atoms with Crippen molar-refractivity contribution in [1.29, 1.82) is 0 Å². The van der Waals surface area contributed by atoms with Crippen LogP contribution in [0.5, 0.6) is 0 Å². The molecule has 0 aliphatic heterocycles. The first-order valence-electron chi connectivity index (χ1n) is 6.03. The number of aromatic nitrogens is 3. The van der Waals surface area contributed by atoms with Crippen molar-refractivity contribution in [3.8, 4) is 0 Å². The minimum Gasteiger partial charge on any atom is -0.373 e. The van der Waals surface area contributed by atoms with Gasteiger partial charge in [-0.2, -0.15) is 5.10 Å². The normalized spacial score (nSPS) is 10.3. The Hall–Kier alpha value is -2.64. The van der Waals surface area contributed by atoms with E-state index in [9.17, 15) is 10.1 Å². The SMILES string of the molecule is CNc1ccc([N+](=O)[O-])c(N(C)Cc2cnn(C)c2)n1. The van der Waals surface area contributed by atoms with Gasteiger partial charge >= 0.3 is 5.69 Å². The monoisotopic (exact) mass is 276 g/mol. The third-order valence-electron chi connectivity index (χ3n) is 2.85. The van der Waals surface area contributed by atoms with Crippen LogP contribution in [0.4, 0.5) is 17.3 Å². The number of hydrogen-bond donors (Lipinski definition) is 1. The van der Waals surface area contributed by atoms with Crippen molar-refractivity contribution in [1.82, 2.24) is 14.8 Å². The average Bonchev–Trinajstić information content (AvgIpc) is 2.83. The maximum atomic E-state index is 11.1. The summed E-state index contributed by atoms with van der Waals surface area (Å²) in [6.45, 7) is 0.495. The van der Waals surface area contributed by atoms with E-state index in [1.165, 1.54) is 6.07 Å². The van der Waals surface area contributed by atoms with Gasteiger partial charge in [-0.05, 0) is 6.07 Å². The van der Waals surface area contributed by atoms with Gasteiger partial charge in [0.2, 0.25) is 5.82 Å². The Kier molecular flexibility index (Phi) is 3.83. The lowest BCUT2D eigenvalue weighted by molar-refractivity contribution is -0.384. The molecule has 1 N–H and O–H groups in total. The molecule has 0 amide bonds. The highest BCUT2D eigenvalue weighted by atomic mass is 16.6. The molecule has 0 spiro atoms. The van der Waals surface area contributed by atoms with Gasteiger partial charge in [0.15, 0.2) is 0 Å². The Balaban J connectivity index is 2.31. The van der Waals surface area contributed by atoms with Crippen molar-refractivity contribution in [3.05, 3.63) is 40.2 Å². The van der Waals surface area contributed by atoms with E-state index in [-0.39, 0.29) is 5.69 Å². The largest absolute Gasteiger partial charge is 0.373 e. The van der Waals surface area contributed by atoms with E-state index in [0.29, 0.717) is 18.2 Å². The zero-order valence-corrected chi connectivity index (χ0v) is 11.6. The number of anilines is 2. The molecule has 0 saturated carbocycles. The molecule has 2 aromatic heterocycles. The smallest absolute Gasteiger partial charge is 0.311 e. The number of nitrogens with one attached hydrogen (secondary N) is 1. The average molecular weight is 276 g/mol. The van der Waals surface area contributed by atoms with Crippen LogP contribution >= 0.6 is 0 Å². The Morgan fingerprint density at radius 2 is 2.25 bits per heavy atom. The zero-order chi connectivity index (χ0) is 14.7. The quantitative estimate of drug-likeness (QED) is 0.656. The molecule has 0 atom stereocenters. The second-order valence-corrected chi connectivity index (χ2v) is 4.42. The van der Waals surface area contributed by atoms with Gasteiger partial charge in [-0.25, -0.2) is 4.98 Å². The van der Waals surface area contributed by atoms with Gasteiger partial charge in [0.05, 0.1) is 11.1 Å². The second kappa shape index (κ2) is 5.55. The van der Waals surface area contributed by atoms with E-state index in [2.05, 4.69) is 15.4 Å². The molecule has 0 radical (unpaired) electrons. The Bertz CT molecular complexity index is 624. The van der Waals surface area contributed by atoms with Crippen molar-refractivity contribution in [2.75, 3.05) is 24.3 Å². The standard InChI is InChI=1S/C12H16N6O2/c1-13-11-5-4-10(18(19)20)12(15-11)16(2)7-9-6-14-17(3)8-9/h4-6,8H,7H2,1-3H3,(H,13,15). The predicted octanol–water partition coefficient (Wildman–Crippen LogP) is 1.40. The molecule has 2 rings (SSSR count). The Morgan fingerprint density at radius 3 is 2.80 bits per heavy atom. The number of rotatable bonds is 5. The fourth-order valence-electron chi connectivity index (χ4n) is 1.91. The highest BCUT2D eigenvalue weighted by Gasteiger charge is 2.19. The number of pyridine rings is 1. The van der Waals surface area contributed by atoms with Crippen LogP contribution in [0.15, 0.2) is 24.5 Å². The molecule has 106 valence electrons. The van der Waals surface area contributed by atoms with E-state index in [4.69, 9.17) is 0 Å². The molecule has 0 aliphatic rings. The summed E-state index contributed by atoms with van der Waals surface area (Å²) in [6.07, 6.45) is 3.59. The summed E-state index contributed by atoms with van der Waals surface area (Å²) in [5.41, 5.74) is 0.941. The van der Waals surface area contributed by atoms with E-state index in [1.807, 2.05) is 13.2 Å². The summed E-state index contributed by atoms with van der Waals surface area (Å²) >= 11 is 0. The third-order valence-corrected chi connectivity index (χ3v) is 2.85. The summed E-state index contributed by atoms with van der Waals surface area (Å²) < 4.78 is 1.69. The molecule has 0 aromatic carbocycles. The second-order valence-electron chi connectivity index (χ2n) is 4.42. The summed E-state index contributed by atoms with van der Waals surface area (Å²) in [4.78, 5) is 16.6. The predicted molar refractivity (Wildman–Crippen MR) is 75.8 cm³/mol. The third kappa shape index (κ3) is 2.85. The van der Waals surface area contributed by atoms with Gasteiger partial charge in [-0.3, -0.25) is 14.8 Å². The zero-order valence-electron chi connectivity index (χ0n) is 11.6.